The summed E-state index contributed by atoms with van der Waals surface area (Å²) < 4.78 is 16.5. The first kappa shape index (κ1) is 21.7. The molecule has 2 N–H and O–H groups in total. The number of anilines is 2. The number of rotatable bonds is 8. The van der Waals surface area contributed by atoms with Crippen LogP contribution >= 0.6 is 0 Å². The van der Waals surface area contributed by atoms with E-state index in [1.165, 1.54) is 14.2 Å². The van der Waals surface area contributed by atoms with E-state index in [2.05, 4.69) is 10.6 Å². The van der Waals surface area contributed by atoms with Gasteiger partial charge in [-0.25, -0.2) is 0 Å². The van der Waals surface area contributed by atoms with Gasteiger partial charge < -0.3 is 24.8 Å². The molecule has 0 saturated carbocycles. The topological polar surface area (TPSA) is 85.9 Å². The average Bonchev–Trinajstić information content (AvgIpc) is 2.80. The van der Waals surface area contributed by atoms with Crippen molar-refractivity contribution in [2.45, 2.75) is 13.0 Å². The van der Waals surface area contributed by atoms with Gasteiger partial charge in [-0.3, -0.25) is 9.59 Å². The summed E-state index contributed by atoms with van der Waals surface area (Å²) in [5, 5.41) is 5.59. The highest BCUT2D eigenvalue weighted by molar-refractivity contribution is 6.05. The van der Waals surface area contributed by atoms with E-state index in [4.69, 9.17) is 14.2 Å². The van der Waals surface area contributed by atoms with Gasteiger partial charge in [0, 0.05) is 17.7 Å². The van der Waals surface area contributed by atoms with E-state index in [0.29, 0.717) is 34.2 Å². The summed E-state index contributed by atoms with van der Waals surface area (Å²) in [7, 11) is 2.96. The Balaban J connectivity index is 1.78. The van der Waals surface area contributed by atoms with Crippen LogP contribution < -0.4 is 24.8 Å². The van der Waals surface area contributed by atoms with Gasteiger partial charge in [-0.2, -0.15) is 0 Å². The number of hydrogen-bond donors (Lipinski definition) is 2. The molecule has 0 fully saturated rings. The highest BCUT2D eigenvalue weighted by Gasteiger charge is 2.20. The molecule has 2 amide bonds. The maximum Gasteiger partial charge on any atom is 0.265 e. The van der Waals surface area contributed by atoms with E-state index >= 15 is 0 Å². The van der Waals surface area contributed by atoms with Crippen molar-refractivity contribution in [2.75, 3.05) is 24.9 Å². The van der Waals surface area contributed by atoms with Crippen LogP contribution in [0.15, 0.2) is 72.8 Å². The summed E-state index contributed by atoms with van der Waals surface area (Å²) in [6.07, 6.45) is -0.740. The third-order valence-electron chi connectivity index (χ3n) is 4.49. The van der Waals surface area contributed by atoms with Gasteiger partial charge in [0.05, 0.1) is 25.6 Å². The molecule has 0 aliphatic rings. The highest BCUT2D eigenvalue weighted by Crippen LogP contribution is 2.36. The van der Waals surface area contributed by atoms with Crippen LogP contribution in [0, 0.1) is 0 Å². The number of methoxy groups -OCH3 is 2. The Bertz CT molecular complexity index is 1040. The quantitative estimate of drug-likeness (QED) is 0.565. The van der Waals surface area contributed by atoms with Crippen molar-refractivity contribution in [1.29, 1.82) is 0 Å². The number of hydrogen-bond acceptors (Lipinski definition) is 5. The predicted octanol–water partition coefficient (Wildman–Crippen LogP) is 4.36. The first-order chi connectivity index (χ1) is 15.0. The molecule has 160 valence electrons. The lowest BCUT2D eigenvalue weighted by molar-refractivity contribution is -0.122. The molecule has 3 aromatic carbocycles. The Morgan fingerprint density at radius 2 is 1.29 bits per heavy atom. The van der Waals surface area contributed by atoms with Crippen LogP contribution in [0.3, 0.4) is 0 Å². The van der Waals surface area contributed by atoms with Crippen LogP contribution in [0.4, 0.5) is 11.4 Å². The summed E-state index contributed by atoms with van der Waals surface area (Å²) in [5.74, 6) is 0.683. The lowest BCUT2D eigenvalue weighted by Gasteiger charge is -2.18. The van der Waals surface area contributed by atoms with Crippen molar-refractivity contribution in [2.24, 2.45) is 0 Å². The van der Waals surface area contributed by atoms with E-state index in [1.807, 2.05) is 24.3 Å². The van der Waals surface area contributed by atoms with Gasteiger partial charge in [-0.05, 0) is 31.2 Å². The van der Waals surface area contributed by atoms with Gasteiger partial charge in [-0.1, -0.05) is 36.4 Å². The number of para-hydroxylation sites is 1. The monoisotopic (exact) mass is 420 g/mol. The van der Waals surface area contributed by atoms with Gasteiger partial charge in [0.1, 0.15) is 17.2 Å². The van der Waals surface area contributed by atoms with Crippen LogP contribution in [-0.2, 0) is 4.79 Å². The van der Waals surface area contributed by atoms with E-state index < -0.39 is 6.10 Å². The minimum absolute atomic E-state index is 0.289. The fraction of sp³-hybridized carbons (Fsp3) is 0.167. The fourth-order valence-electron chi connectivity index (χ4n) is 2.87. The van der Waals surface area contributed by atoms with E-state index in [0.717, 1.165) is 0 Å². The van der Waals surface area contributed by atoms with Gasteiger partial charge in [0.25, 0.3) is 11.8 Å². The zero-order chi connectivity index (χ0) is 22.2. The number of nitrogens with one attached hydrogen (secondary N) is 2. The van der Waals surface area contributed by atoms with Crippen molar-refractivity contribution >= 4 is 23.2 Å². The standard InChI is InChI=1S/C24H24N2O5/c1-16(31-18-12-8-5-9-13-18)23(27)25-19-14-22(30-3)20(15-21(19)29-2)26-24(28)17-10-6-4-7-11-17/h4-16H,1-3H3,(H,25,27)(H,26,28)/t16-/m0/s1. The molecule has 0 unspecified atom stereocenters. The number of carbonyl (C=O) groups excluding carboxylic acids is 2. The molecule has 7 heteroatoms. The van der Waals surface area contributed by atoms with Crippen molar-refractivity contribution in [3.05, 3.63) is 78.4 Å². The smallest absolute Gasteiger partial charge is 0.265 e. The van der Waals surface area contributed by atoms with Crippen molar-refractivity contribution in [3.63, 3.8) is 0 Å². The summed E-state index contributed by atoms with van der Waals surface area (Å²) in [5.41, 5.74) is 1.32. The summed E-state index contributed by atoms with van der Waals surface area (Å²) in [6.45, 7) is 1.65. The molecule has 0 spiro atoms. The van der Waals surface area contributed by atoms with Crippen molar-refractivity contribution < 1.29 is 23.8 Å². The second kappa shape index (κ2) is 10.2. The largest absolute Gasteiger partial charge is 0.494 e. The molecule has 0 radical (unpaired) electrons. The first-order valence-electron chi connectivity index (χ1n) is 9.66. The Hall–Kier alpha value is -4.00. The maximum atomic E-state index is 12.6. The Morgan fingerprint density at radius 1 is 0.774 bits per heavy atom. The molecular formula is C24H24N2O5. The number of ether oxygens (including phenoxy) is 3. The number of amides is 2. The number of benzene rings is 3. The molecule has 0 bridgehead atoms. The van der Waals surface area contributed by atoms with Gasteiger partial charge in [-0.15, -0.1) is 0 Å². The van der Waals surface area contributed by atoms with Crippen LogP contribution in [0.25, 0.3) is 0 Å². The second-order valence-electron chi connectivity index (χ2n) is 6.64. The molecule has 0 heterocycles. The summed E-state index contributed by atoms with van der Waals surface area (Å²) in [6, 6.07) is 21.1. The lowest BCUT2D eigenvalue weighted by Crippen LogP contribution is -2.30. The maximum absolute atomic E-state index is 12.6. The minimum atomic E-state index is -0.740. The van der Waals surface area contributed by atoms with Crippen molar-refractivity contribution in [3.8, 4) is 17.2 Å². The van der Waals surface area contributed by atoms with E-state index in [-0.39, 0.29) is 11.8 Å². The molecule has 3 aromatic rings. The van der Waals surface area contributed by atoms with Gasteiger partial charge >= 0.3 is 0 Å². The average molecular weight is 420 g/mol. The van der Waals surface area contributed by atoms with E-state index in [1.54, 1.807) is 55.5 Å². The molecule has 0 aliphatic heterocycles. The van der Waals surface area contributed by atoms with Crippen LogP contribution in [0.1, 0.15) is 17.3 Å². The molecule has 0 saturated heterocycles. The van der Waals surface area contributed by atoms with Gasteiger partial charge in [0.15, 0.2) is 6.10 Å². The molecular weight excluding hydrogens is 396 g/mol. The summed E-state index contributed by atoms with van der Waals surface area (Å²) >= 11 is 0. The first-order valence-corrected chi connectivity index (χ1v) is 9.66. The minimum Gasteiger partial charge on any atom is -0.494 e. The SMILES string of the molecule is COc1cc(NC(=O)[C@H](C)Oc2ccccc2)c(OC)cc1NC(=O)c1ccccc1. The second-order valence-corrected chi connectivity index (χ2v) is 6.64. The third-order valence-corrected chi connectivity index (χ3v) is 4.49. The fourth-order valence-corrected chi connectivity index (χ4v) is 2.87. The van der Waals surface area contributed by atoms with Crippen molar-refractivity contribution in [1.82, 2.24) is 0 Å². The Morgan fingerprint density at radius 3 is 1.84 bits per heavy atom. The molecule has 1 atom stereocenters. The zero-order valence-electron chi connectivity index (χ0n) is 17.5. The van der Waals surface area contributed by atoms with Crippen LogP contribution in [0.5, 0.6) is 17.2 Å². The third kappa shape index (κ3) is 5.54. The molecule has 0 aromatic heterocycles. The molecule has 7 nitrogen and oxygen atoms in total. The highest BCUT2D eigenvalue weighted by atomic mass is 16.5. The number of carbonyl (C=O) groups is 2. The van der Waals surface area contributed by atoms with Crippen LogP contribution in [0.2, 0.25) is 0 Å². The predicted molar refractivity (Wildman–Crippen MR) is 119 cm³/mol. The Labute approximate surface area is 180 Å². The zero-order valence-corrected chi connectivity index (χ0v) is 17.5. The van der Waals surface area contributed by atoms with E-state index in [9.17, 15) is 9.59 Å². The lowest BCUT2D eigenvalue weighted by atomic mass is 10.2. The normalized spacial score (nSPS) is 11.2. The molecule has 0 aliphatic carbocycles. The Kier molecular flexibility index (Phi) is 7.11. The molecule has 3 rings (SSSR count). The molecule has 31 heavy (non-hydrogen) atoms. The van der Waals surface area contributed by atoms with Gasteiger partial charge in [0.2, 0.25) is 0 Å². The summed E-state index contributed by atoms with van der Waals surface area (Å²) in [4.78, 5) is 25.1. The van der Waals surface area contributed by atoms with Crippen LogP contribution in [-0.4, -0.2) is 32.1 Å².